The monoisotopic (exact) mass is 406 g/mol. The summed E-state index contributed by atoms with van der Waals surface area (Å²) in [7, 11) is 0. The minimum Gasteiger partial charge on any atom is -0.391 e. The van der Waals surface area contributed by atoms with Gasteiger partial charge in [-0.05, 0) is 29.5 Å². The molecule has 1 aromatic rings. The molecule has 0 spiro atoms. The molecule has 0 aliphatic carbocycles. The first kappa shape index (κ1) is 28.8. The summed E-state index contributed by atoms with van der Waals surface area (Å²) in [4.78, 5) is 23.3. The zero-order chi connectivity index (χ0) is 22.9. The number of terminal acetylenes is 1. The number of β-amino-alcohol motifs (C(OH)–C–C–N with tert-alkyl or cyclic N) is 1. The summed E-state index contributed by atoms with van der Waals surface area (Å²) in [5, 5.41) is 11.8. The summed E-state index contributed by atoms with van der Waals surface area (Å²) < 4.78 is 0. The fourth-order valence-electron chi connectivity index (χ4n) is 2.41. The summed E-state index contributed by atoms with van der Waals surface area (Å²) >= 11 is 0. The Labute approximate surface area is 175 Å². The van der Waals surface area contributed by atoms with Crippen molar-refractivity contribution in [1.82, 2.24) is 10.2 Å². The van der Waals surface area contributed by atoms with Crippen LogP contribution in [-0.4, -0.2) is 41.5 Å². The highest BCUT2D eigenvalue weighted by molar-refractivity contribution is 5.77. The number of nitrogens with zero attached hydrogens (tertiary/aromatic N) is 1. The molecular formula is C22H38N4O3. The molecule has 1 aliphatic heterocycles. The Morgan fingerprint density at radius 2 is 1.86 bits per heavy atom. The van der Waals surface area contributed by atoms with E-state index in [9.17, 15) is 14.7 Å². The van der Waals surface area contributed by atoms with Gasteiger partial charge in [0.25, 0.3) is 0 Å². The highest BCUT2D eigenvalue weighted by Crippen LogP contribution is 2.21. The van der Waals surface area contributed by atoms with Crippen molar-refractivity contribution in [3.05, 3.63) is 35.4 Å². The van der Waals surface area contributed by atoms with Crippen molar-refractivity contribution in [3.8, 4) is 12.3 Å². The number of aliphatic hydroxyl groups is 1. The quantitative estimate of drug-likeness (QED) is 0.263. The first-order chi connectivity index (χ1) is 13.7. The SMILES string of the molecule is C#Cc1ccc(CNC=O)cc1.CC.CC(C)(C)CC(=O)N1CCC(O)C1.NN. The number of hydrogen-bond donors (Lipinski definition) is 4. The lowest BCUT2D eigenvalue weighted by Gasteiger charge is -2.22. The van der Waals surface area contributed by atoms with Crippen molar-refractivity contribution in [2.45, 2.75) is 60.1 Å². The van der Waals surface area contributed by atoms with Crippen LogP contribution in [-0.2, 0) is 16.1 Å². The van der Waals surface area contributed by atoms with Gasteiger partial charge in [0.2, 0.25) is 12.3 Å². The number of nitrogens with one attached hydrogen (secondary N) is 1. The fourth-order valence-corrected chi connectivity index (χ4v) is 2.41. The van der Waals surface area contributed by atoms with Gasteiger partial charge in [0.15, 0.2) is 0 Å². The van der Waals surface area contributed by atoms with Gasteiger partial charge in [-0.1, -0.05) is 52.7 Å². The maximum absolute atomic E-state index is 11.6. The van der Waals surface area contributed by atoms with Gasteiger partial charge in [-0.2, -0.15) is 0 Å². The Morgan fingerprint density at radius 1 is 1.31 bits per heavy atom. The molecule has 164 valence electrons. The molecule has 0 saturated carbocycles. The van der Waals surface area contributed by atoms with E-state index in [4.69, 9.17) is 6.42 Å². The van der Waals surface area contributed by atoms with E-state index < -0.39 is 0 Å². The molecule has 1 aliphatic rings. The summed E-state index contributed by atoms with van der Waals surface area (Å²) in [6.07, 6.45) is 6.85. The van der Waals surface area contributed by atoms with Gasteiger partial charge in [-0.15, -0.1) is 6.42 Å². The van der Waals surface area contributed by atoms with Gasteiger partial charge in [0, 0.05) is 31.6 Å². The second-order valence-corrected chi connectivity index (χ2v) is 7.36. The molecule has 0 radical (unpaired) electrons. The Morgan fingerprint density at radius 3 is 2.24 bits per heavy atom. The van der Waals surface area contributed by atoms with Gasteiger partial charge in [0.05, 0.1) is 6.10 Å². The van der Waals surface area contributed by atoms with Crippen LogP contribution >= 0.6 is 0 Å². The van der Waals surface area contributed by atoms with Crippen LogP contribution in [0.3, 0.4) is 0 Å². The van der Waals surface area contributed by atoms with Crippen molar-refractivity contribution in [2.75, 3.05) is 13.1 Å². The minimum atomic E-state index is -0.302. The Bertz CT molecular complexity index is 604. The molecule has 7 heteroatoms. The van der Waals surface area contributed by atoms with E-state index in [2.05, 4.69) is 43.7 Å². The third kappa shape index (κ3) is 14.3. The van der Waals surface area contributed by atoms with E-state index in [-0.39, 0.29) is 17.4 Å². The third-order valence-corrected chi connectivity index (χ3v) is 3.71. The van der Waals surface area contributed by atoms with Gasteiger partial charge in [0.1, 0.15) is 0 Å². The lowest BCUT2D eigenvalue weighted by molar-refractivity contribution is -0.132. The van der Waals surface area contributed by atoms with Crippen molar-refractivity contribution in [1.29, 1.82) is 0 Å². The Kier molecular flexibility index (Phi) is 16.4. The van der Waals surface area contributed by atoms with Crippen LogP contribution in [0.5, 0.6) is 0 Å². The highest BCUT2D eigenvalue weighted by Gasteiger charge is 2.27. The van der Waals surface area contributed by atoms with E-state index in [0.29, 0.717) is 25.9 Å². The van der Waals surface area contributed by atoms with E-state index in [0.717, 1.165) is 24.1 Å². The molecule has 1 saturated heterocycles. The maximum Gasteiger partial charge on any atom is 0.223 e. The summed E-state index contributed by atoms with van der Waals surface area (Å²) in [6, 6.07) is 7.49. The first-order valence-corrected chi connectivity index (χ1v) is 9.77. The topological polar surface area (TPSA) is 122 Å². The van der Waals surface area contributed by atoms with Crippen LogP contribution in [0.1, 0.15) is 58.6 Å². The first-order valence-electron chi connectivity index (χ1n) is 9.77. The number of aliphatic hydroxyl groups excluding tert-OH is 1. The summed E-state index contributed by atoms with van der Waals surface area (Å²) in [5.41, 5.74) is 1.94. The van der Waals surface area contributed by atoms with Crippen LogP contribution in [0, 0.1) is 17.8 Å². The van der Waals surface area contributed by atoms with Crippen molar-refractivity contribution in [3.63, 3.8) is 0 Å². The zero-order valence-corrected chi connectivity index (χ0v) is 18.4. The number of rotatable bonds is 4. The Hall–Kier alpha value is -2.40. The number of nitrogens with two attached hydrogens (primary N) is 2. The normalized spacial score (nSPS) is 14.6. The van der Waals surface area contributed by atoms with E-state index >= 15 is 0 Å². The number of carbonyl (C=O) groups is 2. The number of likely N-dealkylation sites (tertiary alicyclic amines) is 1. The molecule has 1 aromatic carbocycles. The smallest absolute Gasteiger partial charge is 0.223 e. The molecule has 1 atom stereocenters. The Balaban J connectivity index is 0. The van der Waals surface area contributed by atoms with Gasteiger partial charge in [-0.3, -0.25) is 21.3 Å². The van der Waals surface area contributed by atoms with Crippen LogP contribution in [0.15, 0.2) is 24.3 Å². The van der Waals surface area contributed by atoms with Crippen LogP contribution in [0.2, 0.25) is 0 Å². The van der Waals surface area contributed by atoms with Crippen LogP contribution in [0.25, 0.3) is 0 Å². The lowest BCUT2D eigenvalue weighted by Crippen LogP contribution is -2.32. The van der Waals surface area contributed by atoms with E-state index in [1.165, 1.54) is 0 Å². The average molecular weight is 407 g/mol. The largest absolute Gasteiger partial charge is 0.391 e. The highest BCUT2D eigenvalue weighted by atomic mass is 16.3. The van der Waals surface area contributed by atoms with Crippen molar-refractivity contribution in [2.24, 2.45) is 17.1 Å². The third-order valence-electron chi connectivity index (χ3n) is 3.71. The molecule has 2 amide bonds. The number of carbonyl (C=O) groups excluding carboxylic acids is 2. The number of hydrogen-bond acceptors (Lipinski definition) is 5. The molecule has 1 unspecified atom stereocenters. The van der Waals surface area contributed by atoms with Crippen molar-refractivity contribution < 1.29 is 14.7 Å². The molecule has 0 bridgehead atoms. The number of amides is 2. The standard InChI is InChI=1S/C10H19NO2.C10H9NO.C2H6.H4N2/c1-10(2,3)6-9(13)11-5-4-8(12)7-11;1-2-9-3-5-10(6-4-9)7-11-8-12;2*1-2/h8,12H,4-7H2,1-3H3;1,3-6,8H,7H2,(H,11,12);1-2H3;1-2H2. The predicted molar refractivity (Wildman–Crippen MR) is 118 cm³/mol. The fraction of sp³-hybridized carbons (Fsp3) is 0.545. The molecule has 29 heavy (non-hydrogen) atoms. The molecule has 1 fully saturated rings. The van der Waals surface area contributed by atoms with E-state index in [1.54, 1.807) is 4.90 Å². The maximum atomic E-state index is 11.6. The average Bonchev–Trinajstić information content (AvgIpc) is 3.16. The van der Waals surface area contributed by atoms with Crippen LogP contribution in [0.4, 0.5) is 0 Å². The molecule has 1 heterocycles. The molecular weight excluding hydrogens is 368 g/mol. The van der Waals surface area contributed by atoms with Crippen molar-refractivity contribution >= 4 is 12.3 Å². The van der Waals surface area contributed by atoms with Gasteiger partial charge < -0.3 is 15.3 Å². The van der Waals surface area contributed by atoms with E-state index in [1.807, 2.05) is 38.1 Å². The number of benzene rings is 1. The second kappa shape index (κ2) is 16.5. The number of hydrazine groups is 1. The van der Waals surface area contributed by atoms with Crippen LogP contribution < -0.4 is 17.0 Å². The van der Waals surface area contributed by atoms with Gasteiger partial charge in [-0.25, -0.2) is 0 Å². The predicted octanol–water partition coefficient (Wildman–Crippen LogP) is 1.77. The second-order valence-electron chi connectivity index (χ2n) is 7.36. The molecule has 7 nitrogen and oxygen atoms in total. The molecule has 6 N–H and O–H groups in total. The summed E-state index contributed by atoms with van der Waals surface area (Å²) in [6.45, 7) is 11.9. The zero-order valence-electron chi connectivity index (χ0n) is 18.4. The minimum absolute atomic E-state index is 0.0463. The van der Waals surface area contributed by atoms with Gasteiger partial charge >= 0.3 is 0 Å². The summed E-state index contributed by atoms with van der Waals surface area (Å²) in [5.74, 6) is 10.7. The molecule has 0 aromatic heterocycles. The molecule has 2 rings (SSSR count). The lowest BCUT2D eigenvalue weighted by atomic mass is 9.92.